The van der Waals surface area contributed by atoms with Crippen molar-refractivity contribution in [1.29, 1.82) is 0 Å². The van der Waals surface area contributed by atoms with E-state index < -0.39 is 0 Å². The molecule has 3 rings (SSSR count). The minimum absolute atomic E-state index is 0.557. The molecule has 0 amide bonds. The average molecular weight is 383 g/mol. The van der Waals surface area contributed by atoms with Gasteiger partial charge in [-0.2, -0.15) is 0 Å². The molecule has 1 heterocycles. The van der Waals surface area contributed by atoms with Crippen molar-refractivity contribution in [2.24, 2.45) is 5.92 Å². The molecule has 4 nitrogen and oxygen atoms in total. The molecule has 0 saturated carbocycles. The van der Waals surface area contributed by atoms with Gasteiger partial charge in [0, 0.05) is 12.6 Å². The molecule has 2 aromatic rings. The van der Waals surface area contributed by atoms with Crippen molar-refractivity contribution in [3.63, 3.8) is 0 Å². The zero-order valence-corrected chi connectivity index (χ0v) is 17.5. The molecule has 0 bridgehead atoms. The summed E-state index contributed by atoms with van der Waals surface area (Å²) < 4.78 is 10.9. The van der Waals surface area contributed by atoms with Gasteiger partial charge in [0.15, 0.2) is 11.5 Å². The summed E-state index contributed by atoms with van der Waals surface area (Å²) in [7, 11) is 5.66. The summed E-state index contributed by atoms with van der Waals surface area (Å²) in [6, 6.07) is 17.6. The summed E-state index contributed by atoms with van der Waals surface area (Å²) in [6.07, 6.45) is 4.77. The standard InChI is InChI=1S/C24H34N2O2/c1-26(18-20-8-5-4-6-9-20)22(21-10-7-15-25-17-21)13-11-19-12-14-23(27-2)24(16-19)28-3/h4-6,8-9,12,14,16,21-22,25H,7,10-11,13,15,17-18H2,1-3H3. The molecule has 0 radical (unpaired) electrons. The summed E-state index contributed by atoms with van der Waals surface area (Å²) >= 11 is 0. The van der Waals surface area contributed by atoms with Gasteiger partial charge in [-0.1, -0.05) is 36.4 Å². The van der Waals surface area contributed by atoms with E-state index in [4.69, 9.17) is 9.47 Å². The lowest BCUT2D eigenvalue weighted by atomic mass is 9.87. The first-order valence-electron chi connectivity index (χ1n) is 10.4. The van der Waals surface area contributed by atoms with Gasteiger partial charge in [-0.05, 0) is 75.0 Å². The number of ether oxygens (including phenoxy) is 2. The van der Waals surface area contributed by atoms with E-state index in [0.29, 0.717) is 12.0 Å². The number of methoxy groups -OCH3 is 2. The summed E-state index contributed by atoms with van der Waals surface area (Å²) in [6.45, 7) is 3.27. The number of hydrogen-bond acceptors (Lipinski definition) is 4. The molecule has 1 fully saturated rings. The third-order valence-electron chi connectivity index (χ3n) is 5.90. The highest BCUT2D eigenvalue weighted by molar-refractivity contribution is 5.42. The van der Waals surface area contributed by atoms with Crippen molar-refractivity contribution in [2.75, 3.05) is 34.4 Å². The van der Waals surface area contributed by atoms with E-state index in [0.717, 1.165) is 44.0 Å². The Morgan fingerprint density at radius 1 is 1.04 bits per heavy atom. The van der Waals surface area contributed by atoms with E-state index in [1.165, 1.54) is 24.0 Å². The second-order valence-corrected chi connectivity index (χ2v) is 7.80. The van der Waals surface area contributed by atoms with Crippen LogP contribution in [-0.2, 0) is 13.0 Å². The Morgan fingerprint density at radius 3 is 2.50 bits per heavy atom. The summed E-state index contributed by atoms with van der Waals surface area (Å²) in [5.41, 5.74) is 2.68. The van der Waals surface area contributed by atoms with Crippen LogP contribution in [0.4, 0.5) is 0 Å². The molecule has 152 valence electrons. The lowest BCUT2D eigenvalue weighted by Gasteiger charge is -2.37. The maximum atomic E-state index is 5.48. The van der Waals surface area contributed by atoms with Gasteiger partial charge in [-0.3, -0.25) is 4.90 Å². The molecule has 4 heteroatoms. The zero-order valence-electron chi connectivity index (χ0n) is 17.5. The molecule has 2 unspecified atom stereocenters. The SMILES string of the molecule is COc1ccc(CCC(C2CCCNC2)N(C)Cc2ccccc2)cc1OC. The van der Waals surface area contributed by atoms with Gasteiger partial charge in [-0.15, -0.1) is 0 Å². The van der Waals surface area contributed by atoms with Crippen molar-refractivity contribution in [3.05, 3.63) is 59.7 Å². The van der Waals surface area contributed by atoms with Crippen LogP contribution in [0.2, 0.25) is 0 Å². The molecule has 1 aliphatic heterocycles. The van der Waals surface area contributed by atoms with Crippen molar-refractivity contribution >= 4 is 0 Å². The normalized spacial score (nSPS) is 18.1. The monoisotopic (exact) mass is 382 g/mol. The minimum Gasteiger partial charge on any atom is -0.493 e. The highest BCUT2D eigenvalue weighted by Crippen LogP contribution is 2.29. The summed E-state index contributed by atoms with van der Waals surface area (Å²) in [4.78, 5) is 2.55. The molecule has 0 spiro atoms. The number of piperidine rings is 1. The van der Waals surface area contributed by atoms with Crippen molar-refractivity contribution in [1.82, 2.24) is 10.2 Å². The lowest BCUT2D eigenvalue weighted by molar-refractivity contribution is 0.137. The Kier molecular flexibility index (Phi) is 7.75. The molecule has 1 aliphatic rings. The van der Waals surface area contributed by atoms with Gasteiger partial charge in [0.25, 0.3) is 0 Å². The van der Waals surface area contributed by atoms with E-state index in [2.05, 4.69) is 59.7 Å². The van der Waals surface area contributed by atoms with Crippen LogP contribution >= 0.6 is 0 Å². The number of nitrogens with one attached hydrogen (secondary N) is 1. The fraction of sp³-hybridized carbons (Fsp3) is 0.500. The molecule has 1 saturated heterocycles. The molecular formula is C24H34N2O2. The molecular weight excluding hydrogens is 348 g/mol. The number of hydrogen-bond donors (Lipinski definition) is 1. The second kappa shape index (κ2) is 10.5. The van der Waals surface area contributed by atoms with Gasteiger partial charge in [0.1, 0.15) is 0 Å². The molecule has 1 N–H and O–H groups in total. The van der Waals surface area contributed by atoms with Crippen LogP contribution in [0.25, 0.3) is 0 Å². The Balaban J connectivity index is 1.70. The third kappa shape index (κ3) is 5.49. The second-order valence-electron chi connectivity index (χ2n) is 7.80. The number of aryl methyl sites for hydroxylation is 1. The zero-order chi connectivity index (χ0) is 19.8. The molecule has 2 aromatic carbocycles. The van der Waals surface area contributed by atoms with Crippen LogP contribution < -0.4 is 14.8 Å². The van der Waals surface area contributed by atoms with Gasteiger partial charge < -0.3 is 14.8 Å². The Bertz CT molecular complexity index is 714. The van der Waals surface area contributed by atoms with Crippen LogP contribution in [0.15, 0.2) is 48.5 Å². The van der Waals surface area contributed by atoms with Gasteiger partial charge in [-0.25, -0.2) is 0 Å². The fourth-order valence-electron chi connectivity index (χ4n) is 4.36. The van der Waals surface area contributed by atoms with Crippen LogP contribution in [0.3, 0.4) is 0 Å². The van der Waals surface area contributed by atoms with E-state index in [1.54, 1.807) is 14.2 Å². The first-order chi connectivity index (χ1) is 13.7. The number of benzene rings is 2. The Labute approximate surface area is 169 Å². The maximum Gasteiger partial charge on any atom is 0.160 e. The smallest absolute Gasteiger partial charge is 0.160 e. The first kappa shape index (κ1) is 20.7. The van der Waals surface area contributed by atoms with Gasteiger partial charge in [0.2, 0.25) is 0 Å². The topological polar surface area (TPSA) is 33.7 Å². The average Bonchev–Trinajstić information content (AvgIpc) is 2.75. The fourth-order valence-corrected chi connectivity index (χ4v) is 4.36. The van der Waals surface area contributed by atoms with E-state index in [-0.39, 0.29) is 0 Å². The molecule has 28 heavy (non-hydrogen) atoms. The van der Waals surface area contributed by atoms with Crippen molar-refractivity contribution in [3.8, 4) is 11.5 Å². The van der Waals surface area contributed by atoms with Gasteiger partial charge >= 0.3 is 0 Å². The van der Waals surface area contributed by atoms with Crippen LogP contribution in [0.1, 0.15) is 30.4 Å². The van der Waals surface area contributed by atoms with Gasteiger partial charge in [0.05, 0.1) is 14.2 Å². The van der Waals surface area contributed by atoms with Crippen molar-refractivity contribution < 1.29 is 9.47 Å². The van der Waals surface area contributed by atoms with E-state index in [9.17, 15) is 0 Å². The molecule has 2 atom stereocenters. The minimum atomic E-state index is 0.557. The first-order valence-corrected chi connectivity index (χ1v) is 10.4. The van der Waals surface area contributed by atoms with Crippen molar-refractivity contribution in [2.45, 2.75) is 38.3 Å². The highest BCUT2D eigenvalue weighted by atomic mass is 16.5. The highest BCUT2D eigenvalue weighted by Gasteiger charge is 2.26. The van der Waals surface area contributed by atoms with E-state index in [1.807, 2.05) is 6.07 Å². The molecule has 0 aliphatic carbocycles. The Morgan fingerprint density at radius 2 is 1.82 bits per heavy atom. The number of rotatable bonds is 9. The van der Waals surface area contributed by atoms with E-state index >= 15 is 0 Å². The van der Waals surface area contributed by atoms with Crippen LogP contribution in [0, 0.1) is 5.92 Å². The largest absolute Gasteiger partial charge is 0.493 e. The number of nitrogens with zero attached hydrogens (tertiary/aromatic N) is 1. The van der Waals surface area contributed by atoms with Crippen LogP contribution in [-0.4, -0.2) is 45.3 Å². The summed E-state index contributed by atoms with van der Waals surface area (Å²) in [5, 5.41) is 3.60. The maximum absolute atomic E-state index is 5.48. The Hall–Kier alpha value is -2.04. The summed E-state index contributed by atoms with van der Waals surface area (Å²) in [5.74, 6) is 2.30. The predicted octanol–water partition coefficient (Wildman–Crippen LogP) is 4.14. The van der Waals surface area contributed by atoms with Crippen LogP contribution in [0.5, 0.6) is 11.5 Å². The quantitative estimate of drug-likeness (QED) is 0.707. The third-order valence-corrected chi connectivity index (χ3v) is 5.90. The molecule has 0 aromatic heterocycles. The lowest BCUT2D eigenvalue weighted by Crippen LogP contribution is -2.44. The predicted molar refractivity (Wildman–Crippen MR) is 115 cm³/mol.